The van der Waals surface area contributed by atoms with Crippen molar-refractivity contribution < 1.29 is 4.79 Å². The molecule has 140 valence electrons. The Hall–Kier alpha value is -0.770. The second kappa shape index (κ2) is 9.25. The fourth-order valence-corrected chi connectivity index (χ4v) is 3.87. The number of piperidine rings is 1. The first-order valence-corrected chi connectivity index (χ1v) is 9.70. The average Bonchev–Trinajstić information content (AvgIpc) is 3.37. The number of benzene rings is 1. The maximum Gasteiger partial charge on any atom is 0.230 e. The lowest BCUT2D eigenvalue weighted by Gasteiger charge is -2.35. The fourth-order valence-electron chi connectivity index (χ4n) is 3.67. The van der Waals surface area contributed by atoms with Crippen molar-refractivity contribution in [1.29, 1.82) is 0 Å². The largest absolute Gasteiger partial charge is 0.342 e. The van der Waals surface area contributed by atoms with Gasteiger partial charge in [0.15, 0.2) is 0 Å². The lowest BCUT2D eigenvalue weighted by molar-refractivity contribution is -0.135. The zero-order valence-corrected chi connectivity index (χ0v) is 16.8. The van der Waals surface area contributed by atoms with Crippen LogP contribution in [-0.2, 0) is 4.79 Å². The molecule has 1 heterocycles. The molecular formula is C20H30Cl2N2O. The molecule has 1 N–H and O–H groups in total. The first kappa shape index (κ1) is 20.5. The van der Waals surface area contributed by atoms with E-state index in [2.05, 4.69) is 24.1 Å². The SMILES string of the molecule is CC(C)C(C(=O)N1CCC(NCC2CC2)CC1)c1cccc(Cl)c1.Cl. The molecular weight excluding hydrogens is 355 g/mol. The summed E-state index contributed by atoms with van der Waals surface area (Å²) in [7, 11) is 0. The van der Waals surface area contributed by atoms with Crippen LogP contribution in [-0.4, -0.2) is 36.5 Å². The van der Waals surface area contributed by atoms with Crippen LogP contribution in [0.25, 0.3) is 0 Å². The van der Waals surface area contributed by atoms with E-state index in [-0.39, 0.29) is 30.2 Å². The molecule has 0 bridgehead atoms. The van der Waals surface area contributed by atoms with E-state index in [0.717, 1.165) is 44.0 Å². The van der Waals surface area contributed by atoms with Crippen LogP contribution in [0.5, 0.6) is 0 Å². The van der Waals surface area contributed by atoms with Gasteiger partial charge in [0.2, 0.25) is 5.91 Å². The monoisotopic (exact) mass is 384 g/mol. The standard InChI is InChI=1S/C20H29ClN2O.ClH/c1-14(2)19(16-4-3-5-17(21)12-16)20(24)23-10-8-18(9-11-23)22-13-15-6-7-15;/h3-5,12,14-15,18-19,22H,6-11,13H2,1-2H3;1H. The predicted molar refractivity (Wildman–Crippen MR) is 107 cm³/mol. The van der Waals surface area contributed by atoms with Crippen molar-refractivity contribution >= 4 is 29.9 Å². The molecule has 0 spiro atoms. The molecule has 0 aromatic heterocycles. The van der Waals surface area contributed by atoms with Gasteiger partial charge in [0, 0.05) is 24.2 Å². The molecule has 1 saturated heterocycles. The van der Waals surface area contributed by atoms with Crippen molar-refractivity contribution in [3.8, 4) is 0 Å². The van der Waals surface area contributed by atoms with E-state index in [0.29, 0.717) is 11.1 Å². The number of nitrogens with zero attached hydrogens (tertiary/aromatic N) is 1. The highest BCUT2D eigenvalue weighted by Crippen LogP contribution is 2.30. The zero-order valence-electron chi connectivity index (χ0n) is 15.2. The smallest absolute Gasteiger partial charge is 0.230 e. The third-order valence-electron chi connectivity index (χ3n) is 5.34. The summed E-state index contributed by atoms with van der Waals surface area (Å²) in [4.78, 5) is 15.2. The molecule has 1 amide bonds. The second-order valence-electron chi connectivity index (χ2n) is 7.73. The van der Waals surface area contributed by atoms with E-state index in [1.807, 2.05) is 24.3 Å². The number of likely N-dealkylation sites (tertiary alicyclic amines) is 1. The normalized spacial score (nSPS) is 19.6. The summed E-state index contributed by atoms with van der Waals surface area (Å²) in [6.45, 7) is 7.13. The Bertz CT molecular complexity index is 567. The number of halogens is 2. The zero-order chi connectivity index (χ0) is 17.1. The number of nitrogens with one attached hydrogen (secondary N) is 1. The molecule has 1 aliphatic heterocycles. The molecule has 25 heavy (non-hydrogen) atoms. The van der Waals surface area contributed by atoms with Crippen molar-refractivity contribution in [3.63, 3.8) is 0 Å². The number of hydrogen-bond acceptors (Lipinski definition) is 2. The lowest BCUT2D eigenvalue weighted by Crippen LogP contribution is -2.47. The van der Waals surface area contributed by atoms with Gasteiger partial charge in [-0.25, -0.2) is 0 Å². The first-order chi connectivity index (χ1) is 11.5. The van der Waals surface area contributed by atoms with Crippen molar-refractivity contribution in [2.75, 3.05) is 19.6 Å². The maximum atomic E-state index is 13.1. The van der Waals surface area contributed by atoms with Gasteiger partial charge in [-0.3, -0.25) is 4.79 Å². The van der Waals surface area contributed by atoms with E-state index < -0.39 is 0 Å². The van der Waals surface area contributed by atoms with Gasteiger partial charge in [-0.15, -0.1) is 12.4 Å². The van der Waals surface area contributed by atoms with Crippen LogP contribution in [0.4, 0.5) is 0 Å². The Morgan fingerprint density at radius 3 is 2.48 bits per heavy atom. The minimum absolute atomic E-state index is 0. The lowest BCUT2D eigenvalue weighted by atomic mass is 9.86. The minimum atomic E-state index is -0.0975. The predicted octanol–water partition coefficient (Wildman–Crippen LogP) is 4.49. The van der Waals surface area contributed by atoms with E-state index in [4.69, 9.17) is 11.6 Å². The number of hydrogen-bond donors (Lipinski definition) is 1. The Labute approximate surface area is 162 Å². The fraction of sp³-hybridized carbons (Fsp3) is 0.650. The number of carbonyl (C=O) groups is 1. The van der Waals surface area contributed by atoms with Gasteiger partial charge in [0.1, 0.15) is 0 Å². The molecule has 1 atom stereocenters. The number of amides is 1. The highest BCUT2D eigenvalue weighted by molar-refractivity contribution is 6.30. The van der Waals surface area contributed by atoms with Crippen molar-refractivity contribution in [2.45, 2.75) is 51.5 Å². The molecule has 1 saturated carbocycles. The third kappa shape index (κ3) is 5.60. The van der Waals surface area contributed by atoms with E-state index in [9.17, 15) is 4.79 Å². The summed E-state index contributed by atoms with van der Waals surface area (Å²) in [5, 5.41) is 4.38. The summed E-state index contributed by atoms with van der Waals surface area (Å²) >= 11 is 6.14. The van der Waals surface area contributed by atoms with Gasteiger partial charge in [-0.05, 0) is 61.8 Å². The molecule has 1 aromatic rings. The maximum absolute atomic E-state index is 13.1. The molecule has 3 rings (SSSR count). The summed E-state index contributed by atoms with van der Waals surface area (Å²) < 4.78 is 0. The van der Waals surface area contributed by atoms with Crippen molar-refractivity contribution in [2.24, 2.45) is 11.8 Å². The van der Waals surface area contributed by atoms with Crippen LogP contribution in [0, 0.1) is 11.8 Å². The topological polar surface area (TPSA) is 32.3 Å². The molecule has 3 nitrogen and oxygen atoms in total. The quantitative estimate of drug-likeness (QED) is 0.783. The molecule has 0 radical (unpaired) electrons. The number of rotatable bonds is 6. The van der Waals surface area contributed by atoms with Crippen LogP contribution in [0.2, 0.25) is 5.02 Å². The Morgan fingerprint density at radius 1 is 1.24 bits per heavy atom. The van der Waals surface area contributed by atoms with E-state index in [1.165, 1.54) is 12.8 Å². The van der Waals surface area contributed by atoms with Crippen LogP contribution < -0.4 is 5.32 Å². The van der Waals surface area contributed by atoms with Gasteiger partial charge in [-0.1, -0.05) is 37.6 Å². The molecule has 1 aromatic carbocycles. The van der Waals surface area contributed by atoms with Gasteiger partial charge >= 0.3 is 0 Å². The van der Waals surface area contributed by atoms with Gasteiger partial charge < -0.3 is 10.2 Å². The Morgan fingerprint density at radius 2 is 1.92 bits per heavy atom. The van der Waals surface area contributed by atoms with Gasteiger partial charge in [0.05, 0.1) is 5.92 Å². The molecule has 1 aliphatic carbocycles. The molecule has 2 fully saturated rings. The molecule has 1 unspecified atom stereocenters. The molecule has 5 heteroatoms. The van der Waals surface area contributed by atoms with Gasteiger partial charge in [-0.2, -0.15) is 0 Å². The molecule has 2 aliphatic rings. The van der Waals surface area contributed by atoms with Crippen LogP contribution >= 0.6 is 24.0 Å². The van der Waals surface area contributed by atoms with Gasteiger partial charge in [0.25, 0.3) is 0 Å². The average molecular weight is 385 g/mol. The van der Waals surface area contributed by atoms with Crippen molar-refractivity contribution in [1.82, 2.24) is 10.2 Å². The van der Waals surface area contributed by atoms with Crippen LogP contribution in [0.3, 0.4) is 0 Å². The second-order valence-corrected chi connectivity index (χ2v) is 8.16. The van der Waals surface area contributed by atoms with Crippen LogP contribution in [0.1, 0.15) is 51.0 Å². The summed E-state index contributed by atoms with van der Waals surface area (Å²) in [6, 6.07) is 8.35. The Kier molecular flexibility index (Phi) is 7.60. The van der Waals surface area contributed by atoms with E-state index >= 15 is 0 Å². The Balaban J connectivity index is 0.00000225. The third-order valence-corrected chi connectivity index (χ3v) is 5.57. The van der Waals surface area contributed by atoms with Crippen LogP contribution in [0.15, 0.2) is 24.3 Å². The minimum Gasteiger partial charge on any atom is -0.342 e. The van der Waals surface area contributed by atoms with Crippen molar-refractivity contribution in [3.05, 3.63) is 34.9 Å². The number of carbonyl (C=O) groups excluding carboxylic acids is 1. The summed E-state index contributed by atoms with van der Waals surface area (Å²) in [5.74, 6) is 1.34. The summed E-state index contributed by atoms with van der Waals surface area (Å²) in [6.07, 6.45) is 4.91. The highest BCUT2D eigenvalue weighted by atomic mass is 35.5. The van der Waals surface area contributed by atoms with E-state index in [1.54, 1.807) is 0 Å². The highest BCUT2D eigenvalue weighted by Gasteiger charge is 2.31. The summed E-state index contributed by atoms with van der Waals surface area (Å²) in [5.41, 5.74) is 1.04. The first-order valence-electron chi connectivity index (χ1n) is 9.32.